The fourth-order valence-corrected chi connectivity index (χ4v) is 1.42. The Morgan fingerprint density at radius 3 is 2.69 bits per heavy atom. The predicted octanol–water partition coefficient (Wildman–Crippen LogP) is -0.329. The maximum absolute atomic E-state index is 10.5. The number of carboxylic acid groups (broad SMARTS) is 1. The highest BCUT2D eigenvalue weighted by molar-refractivity contribution is 5.72. The first kappa shape index (κ1) is 12.3. The molecule has 0 spiro atoms. The van der Waals surface area contributed by atoms with Crippen LogP contribution < -0.4 is 11.5 Å². The number of aromatic nitrogens is 2. The summed E-state index contributed by atoms with van der Waals surface area (Å²) in [7, 11) is 0. The van der Waals surface area contributed by atoms with E-state index in [1.165, 1.54) is 0 Å². The van der Waals surface area contributed by atoms with Crippen molar-refractivity contribution in [3.63, 3.8) is 0 Å². The Balaban J connectivity index is 2.52. The van der Waals surface area contributed by atoms with Crippen molar-refractivity contribution in [1.29, 1.82) is 0 Å². The summed E-state index contributed by atoms with van der Waals surface area (Å²) in [6.45, 7) is 2.18. The molecule has 0 radical (unpaired) electrons. The molecule has 0 aliphatic heterocycles. The smallest absolute Gasteiger partial charge is 0.320 e. The topological polar surface area (TPSA) is 127 Å². The molecule has 0 unspecified atom stereocenters. The molecule has 0 aliphatic carbocycles. The van der Waals surface area contributed by atoms with Crippen LogP contribution in [0.5, 0.6) is 5.88 Å². The number of imidazole rings is 1. The summed E-state index contributed by atoms with van der Waals surface area (Å²) in [5.74, 6) is -0.892. The number of aliphatic carboxylic acids is 1. The van der Waals surface area contributed by atoms with Crippen LogP contribution >= 0.6 is 0 Å². The molecule has 0 amide bonds. The largest absolute Gasteiger partial charge is 0.492 e. The lowest BCUT2D eigenvalue weighted by atomic mass is 10.2. The van der Waals surface area contributed by atoms with Gasteiger partial charge >= 0.3 is 5.97 Å². The van der Waals surface area contributed by atoms with Crippen LogP contribution in [0.25, 0.3) is 0 Å². The van der Waals surface area contributed by atoms with Gasteiger partial charge in [-0.15, -0.1) is 0 Å². The monoisotopic (exact) mass is 228 g/mol. The third kappa shape index (κ3) is 2.63. The van der Waals surface area contributed by atoms with Crippen LogP contribution in [0.4, 0.5) is 5.95 Å². The third-order valence-corrected chi connectivity index (χ3v) is 2.44. The molecule has 1 rings (SSSR count). The minimum Gasteiger partial charge on any atom is -0.492 e. The number of rotatable bonds is 5. The van der Waals surface area contributed by atoms with Crippen molar-refractivity contribution in [1.82, 2.24) is 9.55 Å². The molecule has 7 nitrogen and oxygen atoms in total. The van der Waals surface area contributed by atoms with Gasteiger partial charge in [0.15, 0.2) is 0 Å². The van der Waals surface area contributed by atoms with Crippen LogP contribution in [0.2, 0.25) is 0 Å². The SMILES string of the molecule is Cc1c(O)nc(N)n1CCC[C@H](N)C(=O)O. The van der Waals surface area contributed by atoms with Gasteiger partial charge in [0.2, 0.25) is 11.8 Å². The number of carboxylic acids is 1. The first-order valence-corrected chi connectivity index (χ1v) is 4.93. The van der Waals surface area contributed by atoms with Gasteiger partial charge in [-0.3, -0.25) is 4.79 Å². The summed E-state index contributed by atoms with van der Waals surface area (Å²) in [6.07, 6.45) is 0.918. The molecule has 0 saturated carbocycles. The average molecular weight is 228 g/mol. The Labute approximate surface area is 92.7 Å². The summed E-state index contributed by atoms with van der Waals surface area (Å²) in [4.78, 5) is 14.2. The third-order valence-electron chi connectivity index (χ3n) is 2.44. The van der Waals surface area contributed by atoms with Crippen LogP contribution in [0.1, 0.15) is 18.5 Å². The molecule has 1 atom stereocenters. The molecule has 90 valence electrons. The van der Waals surface area contributed by atoms with Gasteiger partial charge in [0.05, 0.1) is 5.69 Å². The van der Waals surface area contributed by atoms with Gasteiger partial charge in [0.1, 0.15) is 6.04 Å². The van der Waals surface area contributed by atoms with E-state index in [0.717, 1.165) is 0 Å². The number of nitrogens with two attached hydrogens (primary N) is 2. The minimum absolute atomic E-state index is 0.0972. The molecule has 16 heavy (non-hydrogen) atoms. The van der Waals surface area contributed by atoms with Gasteiger partial charge < -0.3 is 26.2 Å². The Morgan fingerprint density at radius 1 is 1.62 bits per heavy atom. The van der Waals surface area contributed by atoms with Crippen molar-refractivity contribution >= 4 is 11.9 Å². The van der Waals surface area contributed by atoms with Crippen LogP contribution in [0.3, 0.4) is 0 Å². The van der Waals surface area contributed by atoms with Crippen molar-refractivity contribution < 1.29 is 15.0 Å². The quantitative estimate of drug-likeness (QED) is 0.546. The summed E-state index contributed by atoms with van der Waals surface area (Å²) < 4.78 is 1.63. The predicted molar refractivity (Wildman–Crippen MR) is 57.9 cm³/mol. The van der Waals surface area contributed by atoms with Crippen molar-refractivity contribution in [3.05, 3.63) is 5.69 Å². The Kier molecular flexibility index (Phi) is 3.73. The van der Waals surface area contributed by atoms with E-state index >= 15 is 0 Å². The molecule has 0 fully saturated rings. The van der Waals surface area contributed by atoms with Crippen molar-refractivity contribution in [2.24, 2.45) is 5.73 Å². The highest BCUT2D eigenvalue weighted by atomic mass is 16.4. The molecule has 0 bridgehead atoms. The molecule has 6 N–H and O–H groups in total. The minimum atomic E-state index is -1.02. The number of anilines is 1. The summed E-state index contributed by atoms with van der Waals surface area (Å²) >= 11 is 0. The lowest BCUT2D eigenvalue weighted by Crippen LogP contribution is -2.30. The number of nitrogen functional groups attached to an aromatic ring is 1. The van der Waals surface area contributed by atoms with Gasteiger partial charge in [-0.1, -0.05) is 0 Å². The fraction of sp³-hybridized carbons (Fsp3) is 0.556. The second-order valence-corrected chi connectivity index (χ2v) is 3.62. The van der Waals surface area contributed by atoms with Crippen LogP contribution in [-0.2, 0) is 11.3 Å². The Morgan fingerprint density at radius 2 is 2.25 bits per heavy atom. The first-order chi connectivity index (χ1) is 7.43. The highest BCUT2D eigenvalue weighted by Crippen LogP contribution is 2.18. The van der Waals surface area contributed by atoms with E-state index in [-0.39, 0.29) is 11.8 Å². The average Bonchev–Trinajstić information content (AvgIpc) is 2.44. The summed E-state index contributed by atoms with van der Waals surface area (Å²) in [5, 5.41) is 17.9. The van der Waals surface area contributed by atoms with Gasteiger partial charge in [0, 0.05) is 6.54 Å². The zero-order valence-electron chi connectivity index (χ0n) is 9.05. The number of hydrogen-bond donors (Lipinski definition) is 4. The van der Waals surface area contributed by atoms with E-state index in [1.807, 2.05) is 0 Å². The lowest BCUT2D eigenvalue weighted by molar-refractivity contribution is -0.138. The number of hydrogen-bond acceptors (Lipinski definition) is 5. The van der Waals surface area contributed by atoms with E-state index in [4.69, 9.17) is 16.6 Å². The molecule has 1 heterocycles. The second kappa shape index (κ2) is 4.84. The van der Waals surface area contributed by atoms with Crippen molar-refractivity contribution in [2.45, 2.75) is 32.4 Å². The summed E-state index contributed by atoms with van der Waals surface area (Å²) in [5.41, 5.74) is 11.5. The lowest BCUT2D eigenvalue weighted by Gasteiger charge is -2.08. The fourth-order valence-electron chi connectivity index (χ4n) is 1.42. The standard InChI is InChI=1S/C9H16N4O3/c1-5-7(14)12-9(11)13(5)4-2-3-6(10)8(15)16/h6,14H,2-4,10H2,1H3,(H2,11,12)(H,15,16)/t6-/m0/s1. The van der Waals surface area contributed by atoms with Gasteiger partial charge in [-0.05, 0) is 19.8 Å². The van der Waals surface area contributed by atoms with E-state index in [2.05, 4.69) is 4.98 Å². The van der Waals surface area contributed by atoms with Gasteiger partial charge in [-0.25, -0.2) is 0 Å². The van der Waals surface area contributed by atoms with E-state index in [1.54, 1.807) is 11.5 Å². The van der Waals surface area contributed by atoms with Crippen LogP contribution in [-0.4, -0.2) is 31.8 Å². The number of carbonyl (C=O) groups is 1. The molecular formula is C9H16N4O3. The highest BCUT2D eigenvalue weighted by Gasteiger charge is 2.13. The zero-order chi connectivity index (χ0) is 12.3. The van der Waals surface area contributed by atoms with Crippen LogP contribution in [0.15, 0.2) is 0 Å². The molecule has 1 aromatic rings. The van der Waals surface area contributed by atoms with Crippen molar-refractivity contribution in [2.75, 3.05) is 5.73 Å². The second-order valence-electron chi connectivity index (χ2n) is 3.62. The zero-order valence-corrected chi connectivity index (χ0v) is 9.05. The van der Waals surface area contributed by atoms with E-state index < -0.39 is 12.0 Å². The Hall–Kier alpha value is -1.76. The first-order valence-electron chi connectivity index (χ1n) is 4.93. The molecule has 0 aliphatic rings. The maximum atomic E-state index is 10.5. The van der Waals surface area contributed by atoms with E-state index in [9.17, 15) is 9.90 Å². The molecule has 0 saturated heterocycles. The molecule has 7 heteroatoms. The normalized spacial score (nSPS) is 12.6. The Bertz CT molecular complexity index is 388. The molecule has 0 aromatic carbocycles. The van der Waals surface area contributed by atoms with Gasteiger partial charge in [0.25, 0.3) is 0 Å². The van der Waals surface area contributed by atoms with Crippen LogP contribution in [0, 0.1) is 6.92 Å². The maximum Gasteiger partial charge on any atom is 0.320 e. The van der Waals surface area contributed by atoms with Crippen molar-refractivity contribution in [3.8, 4) is 5.88 Å². The van der Waals surface area contributed by atoms with E-state index in [0.29, 0.717) is 25.1 Å². The van der Waals surface area contributed by atoms with Gasteiger partial charge in [-0.2, -0.15) is 4.98 Å². The molecule has 1 aromatic heterocycles. The summed E-state index contributed by atoms with van der Waals surface area (Å²) in [6, 6.07) is -0.862. The molecular weight excluding hydrogens is 212 g/mol. The number of aromatic hydroxyl groups is 1. The number of nitrogens with zero attached hydrogens (tertiary/aromatic N) is 2.